The number of anilines is 1. The lowest BCUT2D eigenvalue weighted by Gasteiger charge is -2.39. The van der Waals surface area contributed by atoms with Gasteiger partial charge < -0.3 is 14.5 Å². The summed E-state index contributed by atoms with van der Waals surface area (Å²) in [6.45, 7) is 10.4. The Morgan fingerprint density at radius 3 is 2.31 bits per heavy atom. The van der Waals surface area contributed by atoms with Gasteiger partial charge in [0.25, 0.3) is 0 Å². The van der Waals surface area contributed by atoms with Crippen LogP contribution in [-0.2, 0) is 9.53 Å². The van der Waals surface area contributed by atoms with E-state index in [-0.39, 0.29) is 23.3 Å². The van der Waals surface area contributed by atoms with Crippen molar-refractivity contribution in [2.24, 2.45) is 17.3 Å². The summed E-state index contributed by atoms with van der Waals surface area (Å²) in [5, 5.41) is 0. The van der Waals surface area contributed by atoms with Crippen molar-refractivity contribution < 1.29 is 14.3 Å². The second kappa shape index (κ2) is 10.4. The lowest BCUT2D eigenvalue weighted by atomic mass is 9.82. The molecule has 0 bridgehead atoms. The quantitative estimate of drug-likeness (QED) is 0.460. The number of amides is 1. The van der Waals surface area contributed by atoms with E-state index in [4.69, 9.17) is 4.74 Å². The summed E-state index contributed by atoms with van der Waals surface area (Å²) in [4.78, 5) is 32.2. The fourth-order valence-corrected chi connectivity index (χ4v) is 5.48. The molecular formula is C26H38N2O3S. The Morgan fingerprint density at radius 1 is 1.12 bits per heavy atom. The number of hydrogen-bond acceptors (Lipinski definition) is 5. The van der Waals surface area contributed by atoms with Crippen LogP contribution in [0.4, 0.5) is 5.69 Å². The number of nitrogens with zero attached hydrogens (tertiary/aromatic N) is 2. The van der Waals surface area contributed by atoms with Crippen molar-refractivity contribution in [2.45, 2.75) is 72.3 Å². The molecule has 2 heterocycles. The highest BCUT2D eigenvalue weighted by Gasteiger charge is 2.37. The lowest BCUT2D eigenvalue weighted by molar-refractivity contribution is -0.124. The predicted molar refractivity (Wildman–Crippen MR) is 131 cm³/mol. The molecule has 1 aromatic heterocycles. The zero-order valence-electron chi connectivity index (χ0n) is 20.5. The van der Waals surface area contributed by atoms with Crippen molar-refractivity contribution in [1.29, 1.82) is 0 Å². The molecule has 2 aliphatic rings. The molecule has 2 fully saturated rings. The third kappa shape index (κ3) is 6.14. The molecule has 3 rings (SSSR count). The molecule has 1 aromatic rings. The molecule has 176 valence electrons. The molecule has 5 nitrogen and oxygen atoms in total. The molecular weight excluding hydrogens is 420 g/mol. The molecule has 32 heavy (non-hydrogen) atoms. The van der Waals surface area contributed by atoms with E-state index in [1.807, 2.05) is 11.0 Å². The second-order valence-electron chi connectivity index (χ2n) is 10.5. The highest BCUT2D eigenvalue weighted by Crippen LogP contribution is 2.38. The number of carbonyl (C=O) groups excluding carboxylic acids is 2. The smallest absolute Gasteiger partial charge is 0.350 e. The maximum atomic E-state index is 13.9. The maximum Gasteiger partial charge on any atom is 0.350 e. The number of ether oxygens (including phenoxy) is 1. The van der Waals surface area contributed by atoms with Crippen molar-refractivity contribution in [3.63, 3.8) is 0 Å². The molecule has 1 saturated carbocycles. The lowest BCUT2D eigenvalue weighted by Crippen LogP contribution is -2.49. The Balaban J connectivity index is 2.02. The Labute approximate surface area is 197 Å². The molecule has 6 heteroatoms. The summed E-state index contributed by atoms with van der Waals surface area (Å²) in [5.41, 5.74) is 0.552. The van der Waals surface area contributed by atoms with Crippen LogP contribution in [0.3, 0.4) is 0 Å². The first kappa shape index (κ1) is 24.8. The minimum Gasteiger partial charge on any atom is -0.465 e. The average molecular weight is 459 g/mol. The van der Waals surface area contributed by atoms with Crippen LogP contribution in [0, 0.1) is 29.1 Å². The van der Waals surface area contributed by atoms with Crippen molar-refractivity contribution in [2.75, 3.05) is 32.1 Å². The maximum absolute atomic E-state index is 13.9. The standard InChI is InChI=1S/C26H38N2O3S/c1-18-7-9-19(10-8-18)24(29)28(20-12-15-27(5)16-13-20)22-17-21(11-14-26(2,3)4)32-23(22)25(30)31-6/h17-20H,7-10,12-13,15-16H2,1-6H3/t18-,19-. The third-order valence-electron chi connectivity index (χ3n) is 6.56. The van der Waals surface area contributed by atoms with Gasteiger partial charge in [0.2, 0.25) is 5.91 Å². The second-order valence-corrected chi connectivity index (χ2v) is 11.6. The number of likely N-dealkylation sites (tertiary alicyclic amines) is 1. The van der Waals surface area contributed by atoms with Gasteiger partial charge in [-0.15, -0.1) is 11.3 Å². The highest BCUT2D eigenvalue weighted by molar-refractivity contribution is 7.15. The summed E-state index contributed by atoms with van der Waals surface area (Å²) < 4.78 is 5.11. The van der Waals surface area contributed by atoms with E-state index >= 15 is 0 Å². The van der Waals surface area contributed by atoms with Gasteiger partial charge in [0.15, 0.2) is 0 Å². The van der Waals surface area contributed by atoms with Crippen LogP contribution >= 0.6 is 11.3 Å². The molecule has 1 aliphatic carbocycles. The summed E-state index contributed by atoms with van der Waals surface area (Å²) in [7, 11) is 3.52. The fraction of sp³-hybridized carbons (Fsp3) is 0.692. The predicted octanol–water partition coefficient (Wildman–Crippen LogP) is 5.19. The molecule has 0 unspecified atom stereocenters. The zero-order valence-corrected chi connectivity index (χ0v) is 21.3. The van der Waals surface area contributed by atoms with Crippen LogP contribution in [0.15, 0.2) is 6.07 Å². The number of esters is 1. The Morgan fingerprint density at radius 2 is 1.75 bits per heavy atom. The molecule has 0 aromatic carbocycles. The average Bonchev–Trinajstić information content (AvgIpc) is 3.17. The van der Waals surface area contributed by atoms with Crippen LogP contribution in [0.2, 0.25) is 0 Å². The van der Waals surface area contributed by atoms with Crippen LogP contribution in [-0.4, -0.2) is 50.1 Å². The fourth-order valence-electron chi connectivity index (χ4n) is 4.56. The number of piperidine rings is 1. The van der Waals surface area contributed by atoms with Crippen molar-refractivity contribution >= 4 is 28.9 Å². The molecule has 1 aliphatic heterocycles. The normalized spacial score (nSPS) is 22.7. The molecule has 1 amide bonds. The number of carbonyl (C=O) groups is 2. The van der Waals surface area contributed by atoms with E-state index in [1.54, 1.807) is 0 Å². The molecule has 0 spiro atoms. The largest absolute Gasteiger partial charge is 0.465 e. The van der Waals surface area contributed by atoms with Gasteiger partial charge in [-0.25, -0.2) is 4.79 Å². The SMILES string of the molecule is COC(=O)c1sc(C#CC(C)(C)C)cc1N(C(=O)[C@H]1CC[C@H](C)CC1)C1CCN(C)CC1. The van der Waals surface area contributed by atoms with Gasteiger partial charge in [-0.05, 0) is 91.4 Å². The van der Waals surface area contributed by atoms with Crippen LogP contribution in [0.5, 0.6) is 0 Å². The molecule has 0 atom stereocenters. The summed E-state index contributed by atoms with van der Waals surface area (Å²) in [5.74, 6) is 6.97. The molecule has 0 radical (unpaired) electrons. The first-order valence-electron chi connectivity index (χ1n) is 11.9. The minimum atomic E-state index is -0.392. The van der Waals surface area contributed by atoms with Gasteiger partial charge in [0.1, 0.15) is 4.88 Å². The van der Waals surface area contributed by atoms with Gasteiger partial charge in [-0.3, -0.25) is 4.79 Å². The number of rotatable bonds is 4. The Kier molecular flexibility index (Phi) is 8.06. The van der Waals surface area contributed by atoms with Crippen LogP contribution in [0.25, 0.3) is 0 Å². The van der Waals surface area contributed by atoms with E-state index in [2.05, 4.69) is 51.5 Å². The van der Waals surface area contributed by atoms with Crippen LogP contribution < -0.4 is 4.90 Å². The van der Waals surface area contributed by atoms with Crippen molar-refractivity contribution in [1.82, 2.24) is 4.90 Å². The Bertz CT molecular complexity index is 873. The van der Waals surface area contributed by atoms with E-state index < -0.39 is 5.97 Å². The highest BCUT2D eigenvalue weighted by atomic mass is 32.1. The van der Waals surface area contributed by atoms with Gasteiger partial charge in [-0.2, -0.15) is 0 Å². The van der Waals surface area contributed by atoms with Crippen LogP contribution in [0.1, 0.15) is 80.8 Å². The van der Waals surface area contributed by atoms with E-state index in [0.717, 1.165) is 56.5 Å². The van der Waals surface area contributed by atoms with E-state index in [1.165, 1.54) is 18.4 Å². The van der Waals surface area contributed by atoms with E-state index in [0.29, 0.717) is 16.5 Å². The number of hydrogen-bond donors (Lipinski definition) is 0. The topological polar surface area (TPSA) is 49.9 Å². The summed E-state index contributed by atoms with van der Waals surface area (Å²) in [6.07, 6.45) is 5.85. The first-order chi connectivity index (χ1) is 15.1. The van der Waals surface area contributed by atoms with E-state index in [9.17, 15) is 9.59 Å². The Hall–Kier alpha value is -1.84. The van der Waals surface area contributed by atoms with Gasteiger partial charge in [0, 0.05) is 17.4 Å². The summed E-state index contributed by atoms with van der Waals surface area (Å²) >= 11 is 1.34. The monoisotopic (exact) mass is 458 g/mol. The van der Waals surface area contributed by atoms with Crippen molar-refractivity contribution in [3.8, 4) is 11.8 Å². The number of methoxy groups -OCH3 is 1. The van der Waals surface area contributed by atoms with Gasteiger partial charge >= 0.3 is 5.97 Å². The van der Waals surface area contributed by atoms with Gasteiger partial charge in [0.05, 0.1) is 17.7 Å². The van der Waals surface area contributed by atoms with Gasteiger partial charge in [-0.1, -0.05) is 18.8 Å². The summed E-state index contributed by atoms with van der Waals surface area (Å²) in [6, 6.07) is 2.04. The van der Waals surface area contributed by atoms with Crippen molar-refractivity contribution in [3.05, 3.63) is 15.8 Å². The minimum absolute atomic E-state index is 0.0281. The third-order valence-corrected chi connectivity index (χ3v) is 7.58. The molecule has 1 saturated heterocycles. The number of thiophene rings is 1. The first-order valence-corrected chi connectivity index (χ1v) is 12.7. The zero-order chi connectivity index (χ0) is 23.5. The molecule has 0 N–H and O–H groups in total.